The first-order chi connectivity index (χ1) is 11.7. The fraction of sp³-hybridized carbons (Fsp3) is 0.474. The SMILES string of the molecule is COc1ccc(NC(=S)NC2(C3CC3)CCCC2)c2cccnc12. The van der Waals surface area contributed by atoms with Crippen molar-refractivity contribution in [3.8, 4) is 5.75 Å². The molecule has 0 amide bonds. The average molecular weight is 341 g/mol. The van der Waals surface area contributed by atoms with Crippen LogP contribution < -0.4 is 15.4 Å². The number of pyridine rings is 1. The molecule has 4 rings (SSSR count). The van der Waals surface area contributed by atoms with E-state index in [1.54, 1.807) is 13.3 Å². The Morgan fingerprint density at radius 3 is 2.75 bits per heavy atom. The molecule has 5 heteroatoms. The van der Waals surface area contributed by atoms with Gasteiger partial charge in [0.15, 0.2) is 5.11 Å². The molecule has 0 aliphatic heterocycles. The maximum atomic E-state index is 5.64. The van der Waals surface area contributed by atoms with Crippen molar-refractivity contribution < 1.29 is 4.74 Å². The van der Waals surface area contributed by atoms with Crippen molar-refractivity contribution in [1.29, 1.82) is 0 Å². The second kappa shape index (κ2) is 6.20. The van der Waals surface area contributed by atoms with Crippen LogP contribution in [-0.2, 0) is 0 Å². The molecule has 24 heavy (non-hydrogen) atoms. The molecule has 2 aliphatic carbocycles. The van der Waals surface area contributed by atoms with Gasteiger partial charge in [-0.25, -0.2) is 0 Å². The summed E-state index contributed by atoms with van der Waals surface area (Å²) in [6.07, 6.45) is 9.56. The van der Waals surface area contributed by atoms with Gasteiger partial charge in [0.1, 0.15) is 11.3 Å². The van der Waals surface area contributed by atoms with Crippen molar-refractivity contribution in [2.75, 3.05) is 12.4 Å². The number of fused-ring (bicyclic) bond motifs is 1. The number of hydrogen-bond donors (Lipinski definition) is 2. The van der Waals surface area contributed by atoms with Gasteiger partial charge in [0.05, 0.1) is 7.11 Å². The molecule has 0 radical (unpaired) electrons. The first-order valence-electron chi connectivity index (χ1n) is 8.73. The van der Waals surface area contributed by atoms with Crippen molar-refractivity contribution in [1.82, 2.24) is 10.3 Å². The van der Waals surface area contributed by atoms with Crippen LogP contribution in [-0.4, -0.2) is 22.7 Å². The van der Waals surface area contributed by atoms with E-state index in [4.69, 9.17) is 17.0 Å². The van der Waals surface area contributed by atoms with E-state index in [0.717, 1.165) is 33.4 Å². The van der Waals surface area contributed by atoms with Gasteiger partial charge >= 0.3 is 0 Å². The van der Waals surface area contributed by atoms with Crippen LogP contribution in [0.3, 0.4) is 0 Å². The Hall–Kier alpha value is -1.88. The van der Waals surface area contributed by atoms with E-state index in [1.165, 1.54) is 38.5 Å². The van der Waals surface area contributed by atoms with Crippen molar-refractivity contribution in [3.05, 3.63) is 30.5 Å². The number of rotatable bonds is 4. The minimum Gasteiger partial charge on any atom is -0.494 e. The zero-order valence-electron chi connectivity index (χ0n) is 14.0. The smallest absolute Gasteiger partial charge is 0.171 e. The van der Waals surface area contributed by atoms with Crippen molar-refractivity contribution in [3.63, 3.8) is 0 Å². The summed E-state index contributed by atoms with van der Waals surface area (Å²) in [4.78, 5) is 4.45. The summed E-state index contributed by atoms with van der Waals surface area (Å²) in [5.41, 5.74) is 2.05. The van der Waals surface area contributed by atoms with Gasteiger partial charge in [-0.3, -0.25) is 4.98 Å². The zero-order chi connectivity index (χ0) is 16.6. The maximum Gasteiger partial charge on any atom is 0.171 e. The van der Waals surface area contributed by atoms with Crippen LogP contribution in [0.5, 0.6) is 5.75 Å². The van der Waals surface area contributed by atoms with Gasteiger partial charge in [0, 0.05) is 22.8 Å². The Morgan fingerprint density at radius 2 is 2.04 bits per heavy atom. The summed E-state index contributed by atoms with van der Waals surface area (Å²) in [6, 6.07) is 7.93. The number of aromatic nitrogens is 1. The third kappa shape index (κ3) is 2.81. The fourth-order valence-electron chi connectivity index (χ4n) is 4.08. The lowest BCUT2D eigenvalue weighted by atomic mass is 9.91. The van der Waals surface area contributed by atoms with Gasteiger partial charge in [0.2, 0.25) is 0 Å². The van der Waals surface area contributed by atoms with Crippen molar-refractivity contribution in [2.24, 2.45) is 5.92 Å². The average Bonchev–Trinajstić information content (AvgIpc) is 3.36. The van der Waals surface area contributed by atoms with Crippen LogP contribution in [0.4, 0.5) is 5.69 Å². The number of anilines is 1. The highest BCUT2D eigenvalue weighted by Gasteiger charge is 2.47. The number of benzene rings is 1. The molecule has 0 spiro atoms. The molecule has 0 atom stereocenters. The van der Waals surface area contributed by atoms with Crippen LogP contribution in [0.2, 0.25) is 0 Å². The summed E-state index contributed by atoms with van der Waals surface area (Å²) < 4.78 is 5.41. The fourth-order valence-corrected chi connectivity index (χ4v) is 4.39. The molecule has 2 saturated carbocycles. The second-order valence-corrected chi connectivity index (χ2v) is 7.34. The van der Waals surface area contributed by atoms with Crippen LogP contribution in [0.25, 0.3) is 10.9 Å². The molecule has 2 aliphatic rings. The number of nitrogens with zero attached hydrogens (tertiary/aromatic N) is 1. The van der Waals surface area contributed by atoms with Gasteiger partial charge in [-0.2, -0.15) is 0 Å². The normalized spacial score (nSPS) is 19.2. The number of ether oxygens (including phenoxy) is 1. The first kappa shape index (κ1) is 15.6. The van der Waals surface area contributed by atoms with Crippen LogP contribution in [0.1, 0.15) is 38.5 Å². The van der Waals surface area contributed by atoms with E-state index in [9.17, 15) is 0 Å². The molecule has 1 aromatic carbocycles. The highest BCUT2D eigenvalue weighted by molar-refractivity contribution is 7.80. The predicted octanol–water partition coefficient (Wildman–Crippen LogP) is 4.25. The molecule has 4 nitrogen and oxygen atoms in total. The first-order valence-corrected chi connectivity index (χ1v) is 9.13. The molecule has 126 valence electrons. The Morgan fingerprint density at radius 1 is 1.25 bits per heavy atom. The molecule has 2 N–H and O–H groups in total. The summed E-state index contributed by atoms with van der Waals surface area (Å²) in [7, 11) is 1.67. The summed E-state index contributed by atoms with van der Waals surface area (Å²) in [5, 5.41) is 8.80. The van der Waals surface area contributed by atoms with E-state index in [0.29, 0.717) is 0 Å². The van der Waals surface area contributed by atoms with Crippen molar-refractivity contribution >= 4 is 33.9 Å². The molecule has 0 bridgehead atoms. The minimum atomic E-state index is 0.227. The molecule has 0 saturated heterocycles. The van der Waals surface area contributed by atoms with Gasteiger partial charge in [-0.15, -0.1) is 0 Å². The molecule has 2 aromatic rings. The number of methoxy groups -OCH3 is 1. The highest BCUT2D eigenvalue weighted by atomic mass is 32.1. The molecular formula is C19H23N3OS. The standard InChI is InChI=1S/C19H23N3OS/c1-23-16-9-8-15(14-5-4-12-20-17(14)16)21-18(24)22-19(13-6-7-13)10-2-3-11-19/h4-5,8-9,12-13H,2-3,6-7,10-11H2,1H3,(H2,21,22,24). The molecular weight excluding hydrogens is 318 g/mol. The lowest BCUT2D eigenvalue weighted by Crippen LogP contribution is -2.49. The predicted molar refractivity (Wildman–Crippen MR) is 102 cm³/mol. The lowest BCUT2D eigenvalue weighted by Gasteiger charge is -2.32. The number of thiocarbonyl (C=S) groups is 1. The largest absolute Gasteiger partial charge is 0.494 e. The van der Waals surface area contributed by atoms with Gasteiger partial charge in [0.25, 0.3) is 0 Å². The van der Waals surface area contributed by atoms with Crippen LogP contribution in [0, 0.1) is 5.92 Å². The Kier molecular flexibility index (Phi) is 4.04. The monoisotopic (exact) mass is 341 g/mol. The van der Waals surface area contributed by atoms with E-state index in [2.05, 4.69) is 15.6 Å². The van der Waals surface area contributed by atoms with Gasteiger partial charge in [-0.05, 0) is 68.1 Å². The maximum absolute atomic E-state index is 5.64. The molecule has 2 fully saturated rings. The summed E-state index contributed by atoms with van der Waals surface area (Å²) in [6.45, 7) is 0. The van der Waals surface area contributed by atoms with Gasteiger partial charge in [-0.1, -0.05) is 12.8 Å². The summed E-state index contributed by atoms with van der Waals surface area (Å²) >= 11 is 5.64. The Balaban J connectivity index is 1.57. The lowest BCUT2D eigenvalue weighted by molar-refractivity contribution is 0.340. The minimum absolute atomic E-state index is 0.227. The topological polar surface area (TPSA) is 46.2 Å². The molecule has 0 unspecified atom stereocenters. The summed E-state index contributed by atoms with van der Waals surface area (Å²) in [5.74, 6) is 1.58. The van der Waals surface area contributed by atoms with E-state index in [-0.39, 0.29) is 5.54 Å². The van der Waals surface area contributed by atoms with Crippen LogP contribution >= 0.6 is 12.2 Å². The van der Waals surface area contributed by atoms with E-state index in [1.807, 2.05) is 24.3 Å². The number of hydrogen-bond acceptors (Lipinski definition) is 3. The highest BCUT2D eigenvalue weighted by Crippen LogP contribution is 2.48. The molecule has 1 heterocycles. The van der Waals surface area contributed by atoms with E-state index >= 15 is 0 Å². The van der Waals surface area contributed by atoms with Crippen LogP contribution in [0.15, 0.2) is 30.5 Å². The zero-order valence-corrected chi connectivity index (χ0v) is 14.8. The quantitative estimate of drug-likeness (QED) is 0.814. The Bertz CT molecular complexity index is 766. The van der Waals surface area contributed by atoms with Gasteiger partial charge < -0.3 is 15.4 Å². The van der Waals surface area contributed by atoms with Crippen molar-refractivity contribution in [2.45, 2.75) is 44.1 Å². The number of nitrogens with one attached hydrogen (secondary N) is 2. The van der Waals surface area contributed by atoms with E-state index < -0.39 is 0 Å². The third-order valence-electron chi connectivity index (χ3n) is 5.42. The second-order valence-electron chi connectivity index (χ2n) is 6.93. The molecule has 1 aromatic heterocycles. The Labute approximate surface area is 148 Å². The third-order valence-corrected chi connectivity index (χ3v) is 5.62.